The number of imidazole rings is 1. The standard InChI is InChI=1S/C22H23FN4O/c1-14-24-11-20(26(14)2)15-3-4-16-10-25-18(8-17(16)7-15)9-21(28)22(23)12-27(13-22)19-5-6-19/h3-4,7-8,10-11,19H,5-6,9,12-13H2,1-2H3. The molecule has 0 bridgehead atoms. The van der Waals surface area contributed by atoms with Gasteiger partial charge in [-0.3, -0.25) is 14.7 Å². The molecule has 2 fully saturated rings. The lowest BCUT2D eigenvalue weighted by Gasteiger charge is -2.43. The van der Waals surface area contributed by atoms with Gasteiger partial charge in [0.15, 0.2) is 11.5 Å². The van der Waals surface area contributed by atoms with Gasteiger partial charge in [0.05, 0.1) is 18.3 Å². The predicted octanol–water partition coefficient (Wildman–Crippen LogP) is 3.24. The number of alkyl halides is 1. The molecule has 5 rings (SSSR count). The Hall–Kier alpha value is -2.60. The molecular weight excluding hydrogens is 355 g/mol. The van der Waals surface area contributed by atoms with Crippen molar-refractivity contribution in [1.29, 1.82) is 0 Å². The van der Waals surface area contributed by atoms with Gasteiger partial charge >= 0.3 is 0 Å². The number of aryl methyl sites for hydroxylation is 1. The van der Waals surface area contributed by atoms with Crippen molar-refractivity contribution in [3.63, 3.8) is 0 Å². The second kappa shape index (κ2) is 6.21. The number of aromatic nitrogens is 3. The van der Waals surface area contributed by atoms with Gasteiger partial charge in [-0.05, 0) is 37.3 Å². The number of benzene rings is 1. The minimum absolute atomic E-state index is 0.0417. The number of halogens is 1. The lowest BCUT2D eigenvalue weighted by Crippen LogP contribution is -2.64. The third-order valence-corrected chi connectivity index (χ3v) is 6.11. The largest absolute Gasteiger partial charge is 0.331 e. The van der Waals surface area contributed by atoms with Crippen molar-refractivity contribution in [2.75, 3.05) is 13.1 Å². The average molecular weight is 378 g/mol. The van der Waals surface area contributed by atoms with Crippen molar-refractivity contribution in [2.24, 2.45) is 7.05 Å². The average Bonchev–Trinajstić information content (AvgIpc) is 3.44. The molecule has 28 heavy (non-hydrogen) atoms. The van der Waals surface area contributed by atoms with Crippen LogP contribution in [0.4, 0.5) is 4.39 Å². The minimum Gasteiger partial charge on any atom is -0.331 e. The summed E-state index contributed by atoms with van der Waals surface area (Å²) in [7, 11) is 1.99. The van der Waals surface area contributed by atoms with E-state index in [-0.39, 0.29) is 25.3 Å². The first-order valence-corrected chi connectivity index (χ1v) is 9.77. The number of hydrogen-bond acceptors (Lipinski definition) is 4. The summed E-state index contributed by atoms with van der Waals surface area (Å²) in [5, 5.41) is 1.99. The predicted molar refractivity (Wildman–Crippen MR) is 106 cm³/mol. The summed E-state index contributed by atoms with van der Waals surface area (Å²) in [5.41, 5.74) is 1.01. The zero-order chi connectivity index (χ0) is 19.5. The zero-order valence-electron chi connectivity index (χ0n) is 16.2. The van der Waals surface area contributed by atoms with E-state index in [1.165, 1.54) is 0 Å². The van der Waals surface area contributed by atoms with E-state index in [1.807, 2.05) is 42.9 Å². The Labute approximate surface area is 163 Å². The van der Waals surface area contributed by atoms with Gasteiger partial charge in [0.25, 0.3) is 0 Å². The fraction of sp³-hybridized carbons (Fsp3) is 0.409. The molecule has 3 aromatic rings. The molecule has 0 N–H and O–H groups in total. The van der Waals surface area contributed by atoms with Crippen LogP contribution in [0.15, 0.2) is 36.7 Å². The molecule has 0 radical (unpaired) electrons. The monoisotopic (exact) mass is 378 g/mol. The second-order valence-electron chi connectivity index (χ2n) is 8.19. The Bertz CT molecular complexity index is 1080. The molecular formula is C22H23FN4O. The Morgan fingerprint density at radius 1 is 1.18 bits per heavy atom. The van der Waals surface area contributed by atoms with Gasteiger partial charge in [0.1, 0.15) is 5.82 Å². The lowest BCUT2D eigenvalue weighted by atomic mass is 9.88. The van der Waals surface area contributed by atoms with Crippen molar-refractivity contribution >= 4 is 16.6 Å². The van der Waals surface area contributed by atoms with Crippen molar-refractivity contribution in [2.45, 2.75) is 37.9 Å². The molecule has 1 aliphatic carbocycles. The van der Waals surface area contributed by atoms with Gasteiger partial charge in [0.2, 0.25) is 0 Å². The molecule has 144 valence electrons. The number of carbonyl (C=O) groups excluding carboxylic acids is 1. The van der Waals surface area contributed by atoms with Crippen LogP contribution in [0.2, 0.25) is 0 Å². The molecule has 1 aromatic carbocycles. The van der Waals surface area contributed by atoms with Crippen LogP contribution >= 0.6 is 0 Å². The van der Waals surface area contributed by atoms with Gasteiger partial charge in [-0.15, -0.1) is 0 Å². The van der Waals surface area contributed by atoms with Crippen LogP contribution in [0, 0.1) is 6.92 Å². The van der Waals surface area contributed by atoms with Gasteiger partial charge in [-0.25, -0.2) is 9.37 Å². The number of hydrogen-bond donors (Lipinski definition) is 0. The SMILES string of the molecule is Cc1ncc(-c2ccc3cnc(CC(=O)C4(F)CN(C5CC5)C4)cc3c2)n1C. The summed E-state index contributed by atoms with van der Waals surface area (Å²) in [6, 6.07) is 8.54. The summed E-state index contributed by atoms with van der Waals surface area (Å²) < 4.78 is 16.9. The number of ketones is 1. The maximum atomic E-state index is 14.8. The lowest BCUT2D eigenvalue weighted by molar-refractivity contribution is -0.142. The van der Waals surface area contributed by atoms with Crippen LogP contribution in [0.1, 0.15) is 24.4 Å². The summed E-state index contributed by atoms with van der Waals surface area (Å²) in [4.78, 5) is 23.3. The van der Waals surface area contributed by atoms with Crippen molar-refractivity contribution in [1.82, 2.24) is 19.4 Å². The van der Waals surface area contributed by atoms with Gasteiger partial charge in [-0.1, -0.05) is 12.1 Å². The summed E-state index contributed by atoms with van der Waals surface area (Å²) in [6.07, 6.45) is 5.93. The van der Waals surface area contributed by atoms with E-state index in [2.05, 4.69) is 20.9 Å². The minimum atomic E-state index is -1.70. The normalized spacial score (nSPS) is 19.0. The first kappa shape index (κ1) is 17.5. The fourth-order valence-corrected chi connectivity index (χ4v) is 4.01. The van der Waals surface area contributed by atoms with E-state index in [1.54, 1.807) is 6.20 Å². The smallest absolute Gasteiger partial charge is 0.194 e. The van der Waals surface area contributed by atoms with E-state index in [4.69, 9.17) is 0 Å². The molecule has 0 amide bonds. The maximum Gasteiger partial charge on any atom is 0.194 e. The molecule has 1 aliphatic heterocycles. The van der Waals surface area contributed by atoms with Crippen LogP contribution in [-0.2, 0) is 18.3 Å². The highest BCUT2D eigenvalue weighted by Crippen LogP contribution is 2.37. The molecule has 2 aromatic heterocycles. The first-order chi connectivity index (χ1) is 13.4. The highest BCUT2D eigenvalue weighted by Gasteiger charge is 2.53. The van der Waals surface area contributed by atoms with E-state index >= 15 is 0 Å². The maximum absolute atomic E-state index is 14.8. The quantitative estimate of drug-likeness (QED) is 0.684. The fourth-order valence-electron chi connectivity index (χ4n) is 4.01. The van der Waals surface area contributed by atoms with Crippen molar-refractivity contribution in [3.8, 4) is 11.3 Å². The summed E-state index contributed by atoms with van der Waals surface area (Å²) in [6.45, 7) is 2.46. The number of nitrogens with zero attached hydrogens (tertiary/aromatic N) is 4. The van der Waals surface area contributed by atoms with Gasteiger partial charge in [-0.2, -0.15) is 0 Å². The number of carbonyl (C=O) groups is 1. The highest BCUT2D eigenvalue weighted by molar-refractivity contribution is 5.92. The topological polar surface area (TPSA) is 51.0 Å². The Balaban J connectivity index is 1.38. The Morgan fingerprint density at radius 3 is 2.64 bits per heavy atom. The Kier molecular flexibility index (Phi) is 3.88. The van der Waals surface area contributed by atoms with Crippen molar-refractivity contribution in [3.05, 3.63) is 48.2 Å². The van der Waals surface area contributed by atoms with E-state index in [0.717, 1.165) is 40.7 Å². The molecule has 1 saturated heterocycles. The molecule has 5 nitrogen and oxygen atoms in total. The third kappa shape index (κ3) is 2.92. The first-order valence-electron chi connectivity index (χ1n) is 9.77. The molecule has 2 aliphatic rings. The number of likely N-dealkylation sites (tertiary alicyclic amines) is 1. The molecule has 6 heteroatoms. The summed E-state index contributed by atoms with van der Waals surface area (Å²) in [5.74, 6) is 0.597. The molecule has 0 atom stereocenters. The highest BCUT2D eigenvalue weighted by atomic mass is 19.1. The van der Waals surface area contributed by atoms with Gasteiger partial charge < -0.3 is 4.57 Å². The van der Waals surface area contributed by atoms with Crippen LogP contribution in [0.5, 0.6) is 0 Å². The molecule has 3 heterocycles. The van der Waals surface area contributed by atoms with E-state index in [0.29, 0.717) is 11.7 Å². The van der Waals surface area contributed by atoms with Gasteiger partial charge in [0, 0.05) is 49.0 Å². The van der Waals surface area contributed by atoms with E-state index in [9.17, 15) is 9.18 Å². The Morgan fingerprint density at radius 2 is 1.96 bits per heavy atom. The number of rotatable bonds is 5. The third-order valence-electron chi connectivity index (χ3n) is 6.11. The molecule has 1 saturated carbocycles. The molecule has 0 spiro atoms. The van der Waals surface area contributed by atoms with Crippen LogP contribution in [0.25, 0.3) is 22.0 Å². The zero-order valence-corrected chi connectivity index (χ0v) is 16.2. The van der Waals surface area contributed by atoms with Crippen molar-refractivity contribution < 1.29 is 9.18 Å². The van der Waals surface area contributed by atoms with Crippen LogP contribution in [-0.4, -0.2) is 50.0 Å². The number of fused-ring (bicyclic) bond motifs is 1. The van der Waals surface area contributed by atoms with Crippen LogP contribution < -0.4 is 0 Å². The number of pyridine rings is 1. The van der Waals surface area contributed by atoms with Crippen LogP contribution in [0.3, 0.4) is 0 Å². The second-order valence-corrected chi connectivity index (χ2v) is 8.19. The summed E-state index contributed by atoms with van der Waals surface area (Å²) >= 11 is 0. The molecule has 0 unspecified atom stereocenters. The van der Waals surface area contributed by atoms with E-state index < -0.39 is 5.67 Å². The number of Topliss-reactive ketones (excluding diaryl/α,β-unsaturated/α-hetero) is 1.